The first-order chi connectivity index (χ1) is 14.2. The molecule has 10 heteroatoms. The van der Waals surface area contributed by atoms with Crippen molar-refractivity contribution < 1.29 is 22.7 Å². The average molecular weight is 438 g/mol. The largest absolute Gasteiger partial charge is 0.497 e. The summed E-state index contributed by atoms with van der Waals surface area (Å²) in [5.41, 5.74) is -0.652. The van der Waals surface area contributed by atoms with Gasteiger partial charge in [0.15, 0.2) is 0 Å². The van der Waals surface area contributed by atoms with Crippen LogP contribution < -0.4 is 15.6 Å². The summed E-state index contributed by atoms with van der Waals surface area (Å²) >= 11 is 5.88. The van der Waals surface area contributed by atoms with Crippen LogP contribution in [0.3, 0.4) is 0 Å². The van der Waals surface area contributed by atoms with E-state index in [0.717, 1.165) is 22.9 Å². The van der Waals surface area contributed by atoms with E-state index in [2.05, 4.69) is 10.4 Å². The Kier molecular flexibility index (Phi) is 6.12. The number of amides is 1. The zero-order valence-corrected chi connectivity index (χ0v) is 16.3. The van der Waals surface area contributed by atoms with Crippen molar-refractivity contribution in [3.05, 3.63) is 75.5 Å². The van der Waals surface area contributed by atoms with E-state index in [1.54, 1.807) is 24.3 Å². The molecule has 0 aliphatic rings. The van der Waals surface area contributed by atoms with Gasteiger partial charge in [-0.05, 0) is 36.4 Å². The number of alkyl halides is 3. The number of methoxy groups -OCH3 is 1. The third-order valence-corrected chi connectivity index (χ3v) is 4.42. The van der Waals surface area contributed by atoms with E-state index in [1.807, 2.05) is 0 Å². The first-order valence-electron chi connectivity index (χ1n) is 8.56. The van der Waals surface area contributed by atoms with Crippen LogP contribution in [0.15, 0.2) is 59.4 Å². The molecular formula is C20H15ClF3N3O3. The molecule has 30 heavy (non-hydrogen) atoms. The summed E-state index contributed by atoms with van der Waals surface area (Å²) in [5.74, 6) is -0.169. The molecule has 0 saturated heterocycles. The maximum absolute atomic E-state index is 12.9. The van der Waals surface area contributed by atoms with Crippen molar-refractivity contribution in [3.8, 4) is 17.0 Å². The van der Waals surface area contributed by atoms with E-state index in [-0.39, 0.29) is 10.7 Å². The zero-order valence-electron chi connectivity index (χ0n) is 15.5. The highest BCUT2D eigenvalue weighted by molar-refractivity contribution is 6.33. The van der Waals surface area contributed by atoms with Gasteiger partial charge in [0.25, 0.3) is 5.56 Å². The predicted octanol–water partition coefficient (Wildman–Crippen LogP) is 4.23. The Balaban J connectivity index is 1.83. The molecule has 156 valence electrons. The first-order valence-corrected chi connectivity index (χ1v) is 8.94. The molecule has 0 spiro atoms. The highest BCUT2D eigenvalue weighted by atomic mass is 35.5. The number of hydrogen-bond acceptors (Lipinski definition) is 4. The molecule has 3 rings (SSSR count). The number of carbonyl (C=O) groups excluding carboxylic acids is 1. The molecule has 0 fully saturated rings. The zero-order chi connectivity index (χ0) is 21.9. The molecule has 0 saturated carbocycles. The van der Waals surface area contributed by atoms with E-state index in [0.29, 0.717) is 17.0 Å². The molecule has 0 bridgehead atoms. The number of rotatable bonds is 5. The topological polar surface area (TPSA) is 73.2 Å². The number of ether oxygens (including phenoxy) is 1. The molecule has 0 aliphatic carbocycles. The fraction of sp³-hybridized carbons (Fsp3) is 0.150. The summed E-state index contributed by atoms with van der Waals surface area (Å²) in [6.07, 6.45) is -4.59. The van der Waals surface area contributed by atoms with Crippen molar-refractivity contribution in [1.82, 2.24) is 9.78 Å². The Morgan fingerprint density at radius 3 is 2.63 bits per heavy atom. The first kappa shape index (κ1) is 21.4. The van der Waals surface area contributed by atoms with Crippen LogP contribution in [0.25, 0.3) is 11.3 Å². The Morgan fingerprint density at radius 2 is 1.93 bits per heavy atom. The second-order valence-electron chi connectivity index (χ2n) is 6.19. The lowest BCUT2D eigenvalue weighted by atomic mass is 10.1. The van der Waals surface area contributed by atoms with Gasteiger partial charge in [0.1, 0.15) is 12.3 Å². The fourth-order valence-corrected chi connectivity index (χ4v) is 2.79. The molecule has 1 N–H and O–H groups in total. The minimum absolute atomic E-state index is 0.0678. The van der Waals surface area contributed by atoms with Gasteiger partial charge in [0.05, 0.1) is 29.1 Å². The van der Waals surface area contributed by atoms with Gasteiger partial charge in [-0.15, -0.1) is 0 Å². The van der Waals surface area contributed by atoms with Crippen molar-refractivity contribution in [2.45, 2.75) is 12.7 Å². The second-order valence-corrected chi connectivity index (χ2v) is 6.59. The average Bonchev–Trinajstić information content (AvgIpc) is 2.70. The van der Waals surface area contributed by atoms with Gasteiger partial charge in [-0.1, -0.05) is 23.7 Å². The summed E-state index contributed by atoms with van der Waals surface area (Å²) < 4.78 is 44.7. The Hall–Kier alpha value is -3.33. The maximum atomic E-state index is 12.9. The van der Waals surface area contributed by atoms with Gasteiger partial charge < -0.3 is 10.1 Å². The van der Waals surface area contributed by atoms with E-state index in [9.17, 15) is 22.8 Å². The molecule has 0 atom stereocenters. The van der Waals surface area contributed by atoms with Gasteiger partial charge >= 0.3 is 6.18 Å². The Morgan fingerprint density at radius 1 is 1.17 bits per heavy atom. The maximum Gasteiger partial charge on any atom is 0.416 e. The van der Waals surface area contributed by atoms with E-state index >= 15 is 0 Å². The molecule has 1 aromatic heterocycles. The minimum Gasteiger partial charge on any atom is -0.497 e. The molecule has 1 heterocycles. The molecule has 1 amide bonds. The van der Waals surface area contributed by atoms with Crippen LogP contribution >= 0.6 is 11.6 Å². The minimum atomic E-state index is -4.59. The number of halogens is 4. The molecular weight excluding hydrogens is 423 g/mol. The standard InChI is InChI=1S/C20H15ClF3N3O3/c1-30-14-4-2-3-12(9-14)16-7-8-19(29)27(26-16)11-18(28)25-17-10-13(20(22,23)24)5-6-15(17)21/h2-10H,11H2,1H3,(H,25,28). The van der Waals surface area contributed by atoms with Crippen LogP contribution in [-0.4, -0.2) is 22.8 Å². The quantitative estimate of drug-likeness (QED) is 0.648. The SMILES string of the molecule is COc1cccc(-c2ccc(=O)n(CC(=O)Nc3cc(C(F)(F)F)ccc3Cl)n2)c1. The molecule has 3 aromatic rings. The van der Waals surface area contributed by atoms with E-state index < -0.39 is 29.8 Å². The molecule has 0 unspecified atom stereocenters. The van der Waals surface area contributed by atoms with Crippen molar-refractivity contribution in [2.75, 3.05) is 12.4 Å². The Bertz CT molecular complexity index is 1150. The summed E-state index contributed by atoms with van der Waals surface area (Å²) in [6.45, 7) is -0.511. The lowest BCUT2D eigenvalue weighted by Crippen LogP contribution is -2.29. The second kappa shape index (κ2) is 8.58. The van der Waals surface area contributed by atoms with Crippen LogP contribution in [0.4, 0.5) is 18.9 Å². The Labute approximate surface area is 173 Å². The van der Waals surface area contributed by atoms with Crippen LogP contribution in [0.5, 0.6) is 5.75 Å². The monoisotopic (exact) mass is 437 g/mol. The number of nitrogens with one attached hydrogen (secondary N) is 1. The number of aromatic nitrogens is 2. The number of carbonyl (C=O) groups is 1. The van der Waals surface area contributed by atoms with Crippen molar-refractivity contribution >= 4 is 23.2 Å². The van der Waals surface area contributed by atoms with Gasteiger partial charge in [-0.3, -0.25) is 9.59 Å². The van der Waals surface area contributed by atoms with Gasteiger partial charge in [-0.25, -0.2) is 4.68 Å². The van der Waals surface area contributed by atoms with Gasteiger partial charge in [0, 0.05) is 11.6 Å². The smallest absolute Gasteiger partial charge is 0.416 e. The van der Waals surface area contributed by atoms with Crippen molar-refractivity contribution in [1.29, 1.82) is 0 Å². The molecule has 2 aromatic carbocycles. The number of nitrogens with zero attached hydrogens (tertiary/aromatic N) is 2. The third-order valence-electron chi connectivity index (χ3n) is 4.09. The van der Waals surface area contributed by atoms with Crippen LogP contribution in [-0.2, 0) is 17.5 Å². The number of anilines is 1. The van der Waals surface area contributed by atoms with E-state index in [1.165, 1.54) is 19.2 Å². The molecule has 0 radical (unpaired) electrons. The number of hydrogen-bond donors (Lipinski definition) is 1. The molecule has 0 aliphatic heterocycles. The van der Waals surface area contributed by atoms with Crippen molar-refractivity contribution in [2.24, 2.45) is 0 Å². The lowest BCUT2D eigenvalue weighted by Gasteiger charge is -2.12. The highest BCUT2D eigenvalue weighted by Gasteiger charge is 2.31. The normalized spacial score (nSPS) is 11.2. The summed E-state index contributed by atoms with van der Waals surface area (Å²) in [6, 6.07) is 12.3. The number of benzene rings is 2. The predicted molar refractivity (Wildman–Crippen MR) is 106 cm³/mol. The van der Waals surface area contributed by atoms with E-state index in [4.69, 9.17) is 16.3 Å². The van der Waals surface area contributed by atoms with Crippen molar-refractivity contribution in [3.63, 3.8) is 0 Å². The van der Waals surface area contributed by atoms with Crippen LogP contribution in [0, 0.1) is 0 Å². The fourth-order valence-electron chi connectivity index (χ4n) is 2.62. The van der Waals surface area contributed by atoms with Gasteiger partial charge in [0.2, 0.25) is 5.91 Å². The van der Waals surface area contributed by atoms with Crippen LogP contribution in [0.1, 0.15) is 5.56 Å². The summed E-state index contributed by atoms with van der Waals surface area (Å²) in [5, 5.41) is 6.37. The third kappa shape index (κ3) is 4.98. The summed E-state index contributed by atoms with van der Waals surface area (Å²) in [4.78, 5) is 24.4. The van der Waals surface area contributed by atoms with Gasteiger partial charge in [-0.2, -0.15) is 18.3 Å². The molecule has 6 nitrogen and oxygen atoms in total. The lowest BCUT2D eigenvalue weighted by molar-refractivity contribution is -0.137. The summed E-state index contributed by atoms with van der Waals surface area (Å²) in [7, 11) is 1.51. The highest BCUT2D eigenvalue weighted by Crippen LogP contribution is 2.33. The van der Waals surface area contributed by atoms with Crippen LogP contribution in [0.2, 0.25) is 5.02 Å².